The summed E-state index contributed by atoms with van der Waals surface area (Å²) < 4.78 is 16.0. The van der Waals surface area contributed by atoms with E-state index in [-0.39, 0.29) is 5.91 Å². The van der Waals surface area contributed by atoms with Crippen LogP contribution in [0.1, 0.15) is 15.9 Å². The Morgan fingerprint density at radius 2 is 1.45 bits per heavy atom. The number of carbonyl (C=O) groups is 1. The van der Waals surface area contributed by atoms with Crippen LogP contribution in [0.4, 0.5) is 17.3 Å². The molecule has 8 heteroatoms. The summed E-state index contributed by atoms with van der Waals surface area (Å²) in [6, 6.07) is 11.0. The van der Waals surface area contributed by atoms with Crippen LogP contribution in [0.15, 0.2) is 48.8 Å². The number of ether oxygens (including phenoxy) is 3. The Bertz CT molecular complexity index is 964. The molecule has 1 heterocycles. The molecule has 3 aromatic rings. The van der Waals surface area contributed by atoms with Crippen LogP contribution in [-0.4, -0.2) is 37.2 Å². The molecule has 0 bridgehead atoms. The van der Waals surface area contributed by atoms with Crippen molar-refractivity contribution in [2.24, 2.45) is 0 Å². The van der Waals surface area contributed by atoms with Gasteiger partial charge in [-0.1, -0.05) is 17.7 Å². The summed E-state index contributed by atoms with van der Waals surface area (Å²) in [5.41, 5.74) is 2.83. The first-order valence-corrected chi connectivity index (χ1v) is 8.81. The van der Waals surface area contributed by atoms with Gasteiger partial charge in [0.15, 0.2) is 11.5 Å². The number of rotatable bonds is 7. The van der Waals surface area contributed by atoms with Gasteiger partial charge in [0.1, 0.15) is 0 Å². The average molecular weight is 394 g/mol. The Balaban J connectivity index is 1.73. The zero-order valence-corrected chi connectivity index (χ0v) is 16.6. The minimum Gasteiger partial charge on any atom is -0.493 e. The lowest BCUT2D eigenvalue weighted by molar-refractivity contribution is 0.102. The van der Waals surface area contributed by atoms with Gasteiger partial charge in [-0.3, -0.25) is 4.79 Å². The number of nitrogens with one attached hydrogen (secondary N) is 2. The highest BCUT2D eigenvalue weighted by Crippen LogP contribution is 2.40. The van der Waals surface area contributed by atoms with E-state index in [0.717, 1.165) is 5.56 Å². The third-order valence-corrected chi connectivity index (χ3v) is 4.14. The SMILES string of the molecule is COc1cc(Nc2ncc(C(=O)Nc3ccc(C)cc3)cn2)cc(OC)c1OC. The number of hydrogen-bond acceptors (Lipinski definition) is 7. The van der Waals surface area contributed by atoms with Crippen molar-refractivity contribution in [2.45, 2.75) is 6.92 Å². The molecule has 0 aliphatic heterocycles. The monoisotopic (exact) mass is 394 g/mol. The van der Waals surface area contributed by atoms with Crippen molar-refractivity contribution < 1.29 is 19.0 Å². The predicted molar refractivity (Wildman–Crippen MR) is 111 cm³/mol. The molecule has 2 aromatic carbocycles. The minimum atomic E-state index is -0.284. The zero-order valence-electron chi connectivity index (χ0n) is 16.6. The molecule has 0 spiro atoms. The van der Waals surface area contributed by atoms with Crippen LogP contribution >= 0.6 is 0 Å². The van der Waals surface area contributed by atoms with Crippen LogP contribution in [-0.2, 0) is 0 Å². The Hall–Kier alpha value is -3.81. The Morgan fingerprint density at radius 1 is 0.862 bits per heavy atom. The first-order valence-electron chi connectivity index (χ1n) is 8.81. The number of nitrogens with zero attached hydrogens (tertiary/aromatic N) is 2. The van der Waals surface area contributed by atoms with Gasteiger partial charge in [0, 0.05) is 35.9 Å². The number of methoxy groups -OCH3 is 3. The molecule has 29 heavy (non-hydrogen) atoms. The van der Waals surface area contributed by atoms with E-state index in [9.17, 15) is 4.79 Å². The van der Waals surface area contributed by atoms with E-state index in [1.54, 1.807) is 26.4 Å². The number of amides is 1. The van der Waals surface area contributed by atoms with E-state index < -0.39 is 0 Å². The summed E-state index contributed by atoms with van der Waals surface area (Å²) in [5.74, 6) is 1.54. The van der Waals surface area contributed by atoms with E-state index in [1.807, 2.05) is 31.2 Å². The third kappa shape index (κ3) is 4.73. The molecule has 0 radical (unpaired) electrons. The van der Waals surface area contributed by atoms with Gasteiger partial charge in [-0.25, -0.2) is 9.97 Å². The standard InChI is InChI=1S/C21H22N4O4/c1-13-5-7-15(8-6-13)24-20(26)14-11-22-21(23-12-14)25-16-9-17(27-2)19(29-4)18(10-16)28-3/h5-12H,1-4H3,(H,24,26)(H,22,23,25). The van der Waals surface area contributed by atoms with Crippen LogP contribution in [0.2, 0.25) is 0 Å². The van der Waals surface area contributed by atoms with Crippen molar-refractivity contribution in [1.29, 1.82) is 0 Å². The van der Waals surface area contributed by atoms with Gasteiger partial charge in [-0.15, -0.1) is 0 Å². The molecule has 0 aliphatic rings. The van der Waals surface area contributed by atoms with Crippen molar-refractivity contribution in [3.8, 4) is 17.2 Å². The Morgan fingerprint density at radius 3 is 1.97 bits per heavy atom. The number of hydrogen-bond donors (Lipinski definition) is 2. The molecule has 2 N–H and O–H groups in total. The first-order chi connectivity index (χ1) is 14.0. The van der Waals surface area contributed by atoms with E-state index >= 15 is 0 Å². The summed E-state index contributed by atoms with van der Waals surface area (Å²) in [6.07, 6.45) is 2.91. The van der Waals surface area contributed by atoms with Crippen molar-refractivity contribution >= 4 is 23.2 Å². The summed E-state index contributed by atoms with van der Waals surface area (Å²) in [4.78, 5) is 20.8. The lowest BCUT2D eigenvalue weighted by atomic mass is 10.2. The van der Waals surface area contributed by atoms with Crippen LogP contribution in [0, 0.1) is 6.92 Å². The van der Waals surface area contributed by atoms with E-state index in [2.05, 4.69) is 20.6 Å². The topological polar surface area (TPSA) is 94.6 Å². The fourth-order valence-corrected chi connectivity index (χ4v) is 2.63. The molecule has 0 atom stereocenters. The molecular formula is C21H22N4O4. The van der Waals surface area contributed by atoms with E-state index in [4.69, 9.17) is 14.2 Å². The zero-order chi connectivity index (χ0) is 20.8. The minimum absolute atomic E-state index is 0.284. The summed E-state index contributed by atoms with van der Waals surface area (Å²) >= 11 is 0. The van der Waals surface area contributed by atoms with Gasteiger partial charge in [-0.05, 0) is 19.1 Å². The molecule has 0 saturated heterocycles. The Labute approximate surface area is 168 Å². The number of anilines is 3. The normalized spacial score (nSPS) is 10.2. The largest absolute Gasteiger partial charge is 0.493 e. The first kappa shape index (κ1) is 19.9. The van der Waals surface area contributed by atoms with Crippen LogP contribution < -0.4 is 24.8 Å². The number of benzene rings is 2. The summed E-state index contributed by atoms with van der Waals surface area (Å²) in [5, 5.41) is 5.87. The highest BCUT2D eigenvalue weighted by molar-refractivity contribution is 6.03. The van der Waals surface area contributed by atoms with Gasteiger partial charge in [0.05, 0.1) is 26.9 Å². The van der Waals surface area contributed by atoms with Crippen LogP contribution in [0.5, 0.6) is 17.2 Å². The second-order valence-corrected chi connectivity index (χ2v) is 6.15. The van der Waals surface area contributed by atoms with Crippen molar-refractivity contribution in [2.75, 3.05) is 32.0 Å². The van der Waals surface area contributed by atoms with Gasteiger partial charge in [-0.2, -0.15) is 0 Å². The maximum absolute atomic E-state index is 12.3. The van der Waals surface area contributed by atoms with E-state index in [1.165, 1.54) is 19.5 Å². The maximum Gasteiger partial charge on any atom is 0.258 e. The molecule has 3 rings (SSSR count). The summed E-state index contributed by atoms with van der Waals surface area (Å²) in [6.45, 7) is 1.99. The van der Waals surface area contributed by atoms with E-state index in [0.29, 0.717) is 40.1 Å². The second kappa shape index (κ2) is 8.92. The van der Waals surface area contributed by atoms with Crippen LogP contribution in [0.3, 0.4) is 0 Å². The molecule has 0 aliphatic carbocycles. The molecule has 150 valence electrons. The van der Waals surface area contributed by atoms with Crippen molar-refractivity contribution in [3.63, 3.8) is 0 Å². The Kier molecular flexibility index (Phi) is 6.13. The lowest BCUT2D eigenvalue weighted by Gasteiger charge is -2.14. The maximum atomic E-state index is 12.3. The average Bonchev–Trinajstić information content (AvgIpc) is 2.75. The third-order valence-electron chi connectivity index (χ3n) is 4.14. The fourth-order valence-electron chi connectivity index (χ4n) is 2.63. The molecular weight excluding hydrogens is 372 g/mol. The van der Waals surface area contributed by atoms with Crippen LogP contribution in [0.25, 0.3) is 0 Å². The molecule has 8 nitrogen and oxygen atoms in total. The summed E-state index contributed by atoms with van der Waals surface area (Å²) in [7, 11) is 4.62. The highest BCUT2D eigenvalue weighted by Gasteiger charge is 2.14. The van der Waals surface area contributed by atoms with Crippen molar-refractivity contribution in [3.05, 3.63) is 59.9 Å². The van der Waals surface area contributed by atoms with Gasteiger partial charge >= 0.3 is 0 Å². The number of aromatic nitrogens is 2. The van der Waals surface area contributed by atoms with Gasteiger partial charge < -0.3 is 24.8 Å². The van der Waals surface area contributed by atoms with Gasteiger partial charge in [0.25, 0.3) is 5.91 Å². The number of aryl methyl sites for hydroxylation is 1. The smallest absolute Gasteiger partial charge is 0.258 e. The quantitative estimate of drug-likeness (QED) is 0.629. The molecule has 1 aromatic heterocycles. The van der Waals surface area contributed by atoms with Gasteiger partial charge in [0.2, 0.25) is 11.7 Å². The fraction of sp³-hybridized carbons (Fsp3) is 0.190. The highest BCUT2D eigenvalue weighted by atomic mass is 16.5. The second-order valence-electron chi connectivity index (χ2n) is 6.15. The molecule has 0 unspecified atom stereocenters. The molecule has 0 saturated carbocycles. The van der Waals surface area contributed by atoms with Crippen molar-refractivity contribution in [1.82, 2.24) is 9.97 Å². The molecule has 0 fully saturated rings. The lowest BCUT2D eigenvalue weighted by Crippen LogP contribution is -2.13. The number of carbonyl (C=O) groups excluding carboxylic acids is 1. The predicted octanol–water partition coefficient (Wildman–Crippen LogP) is 3.81. The molecule has 1 amide bonds.